The van der Waals surface area contributed by atoms with Crippen LogP contribution in [0.15, 0.2) is 30.7 Å². The van der Waals surface area contributed by atoms with Crippen LogP contribution in [0.2, 0.25) is 0 Å². The number of nitrogens with zero attached hydrogens (tertiary/aromatic N) is 5. The van der Waals surface area contributed by atoms with Crippen molar-refractivity contribution in [2.24, 2.45) is 11.8 Å². The summed E-state index contributed by atoms with van der Waals surface area (Å²) in [5, 5.41) is 7.92. The van der Waals surface area contributed by atoms with E-state index in [1.807, 2.05) is 16.8 Å². The molecule has 30 heavy (non-hydrogen) atoms. The summed E-state index contributed by atoms with van der Waals surface area (Å²) in [5.74, 6) is 2.38. The van der Waals surface area contributed by atoms with Crippen molar-refractivity contribution in [2.75, 3.05) is 20.2 Å². The summed E-state index contributed by atoms with van der Waals surface area (Å²) >= 11 is 0. The van der Waals surface area contributed by atoms with Crippen molar-refractivity contribution in [2.45, 2.75) is 19.3 Å². The Morgan fingerprint density at radius 2 is 1.90 bits per heavy atom. The third-order valence-electron chi connectivity index (χ3n) is 6.29. The average molecular weight is 410 g/mol. The van der Waals surface area contributed by atoms with Crippen LogP contribution >= 0.6 is 0 Å². The zero-order valence-corrected chi connectivity index (χ0v) is 16.5. The third-order valence-corrected chi connectivity index (χ3v) is 6.29. The summed E-state index contributed by atoms with van der Waals surface area (Å²) in [6.45, 7) is 3.83. The largest absolute Gasteiger partial charge is 0.493 e. The monoisotopic (exact) mass is 410 g/mol. The van der Waals surface area contributed by atoms with E-state index in [1.165, 1.54) is 10.6 Å². The minimum atomic E-state index is -2.65. The fourth-order valence-corrected chi connectivity index (χ4v) is 4.81. The van der Waals surface area contributed by atoms with Crippen molar-refractivity contribution >= 4 is 11.3 Å². The number of rotatable bonds is 4. The van der Waals surface area contributed by atoms with Gasteiger partial charge >= 0.3 is 0 Å². The van der Waals surface area contributed by atoms with Gasteiger partial charge in [-0.25, -0.2) is 23.3 Å². The van der Waals surface area contributed by atoms with Crippen molar-refractivity contribution in [3.8, 4) is 17.0 Å². The van der Waals surface area contributed by atoms with Crippen molar-refractivity contribution in [3.63, 3.8) is 0 Å². The number of halogens is 2. The lowest BCUT2D eigenvalue weighted by Gasteiger charge is -2.09. The Hall–Kier alpha value is -3.07. The number of piperidine rings is 1. The minimum absolute atomic E-state index is 0.142. The summed E-state index contributed by atoms with van der Waals surface area (Å²) in [4.78, 5) is 9.00. The molecule has 7 nitrogen and oxygen atoms in total. The van der Waals surface area contributed by atoms with Gasteiger partial charge in [-0.05, 0) is 44.0 Å². The fourth-order valence-electron chi connectivity index (χ4n) is 4.81. The van der Waals surface area contributed by atoms with E-state index in [9.17, 15) is 8.78 Å². The normalized spacial score (nSPS) is 22.9. The van der Waals surface area contributed by atoms with Gasteiger partial charge in [0.05, 0.1) is 36.0 Å². The number of imidazole rings is 2. The first-order chi connectivity index (χ1) is 14.5. The van der Waals surface area contributed by atoms with E-state index >= 15 is 0 Å². The third kappa shape index (κ3) is 2.54. The van der Waals surface area contributed by atoms with E-state index in [0.29, 0.717) is 40.5 Å². The van der Waals surface area contributed by atoms with E-state index in [4.69, 9.17) is 9.72 Å². The summed E-state index contributed by atoms with van der Waals surface area (Å²) in [5.41, 5.74) is 3.56. The van der Waals surface area contributed by atoms with Crippen LogP contribution in [0, 0.1) is 18.8 Å². The maximum Gasteiger partial charge on any atom is 0.267 e. The number of ether oxygens (including phenoxy) is 1. The zero-order valence-electron chi connectivity index (χ0n) is 16.5. The summed E-state index contributed by atoms with van der Waals surface area (Å²) in [6, 6.07) is 3.20. The molecule has 0 radical (unpaired) electrons. The van der Waals surface area contributed by atoms with Crippen molar-refractivity contribution in [1.29, 1.82) is 0 Å². The second-order valence-corrected chi connectivity index (χ2v) is 8.14. The SMILES string of the molecule is COc1cc(-c2cc(C(F)F)c3nc(C)cn3n2)cn2cc(C3[C@H]4CNC[C@@H]34)nc12. The van der Waals surface area contributed by atoms with Gasteiger partial charge in [0.2, 0.25) is 0 Å². The number of hydrogen-bond acceptors (Lipinski definition) is 5. The minimum Gasteiger partial charge on any atom is -0.493 e. The summed E-state index contributed by atoms with van der Waals surface area (Å²) in [6.07, 6.45) is 2.90. The highest BCUT2D eigenvalue weighted by atomic mass is 19.3. The molecule has 154 valence electrons. The molecule has 4 aromatic heterocycles. The highest BCUT2D eigenvalue weighted by Crippen LogP contribution is 2.55. The number of methoxy groups -OCH3 is 1. The van der Waals surface area contributed by atoms with Crippen LogP contribution in [-0.4, -0.2) is 44.2 Å². The molecule has 9 heteroatoms. The summed E-state index contributed by atoms with van der Waals surface area (Å²) < 4.78 is 36.3. The highest BCUT2D eigenvalue weighted by molar-refractivity contribution is 5.69. The van der Waals surface area contributed by atoms with Gasteiger partial charge in [0.1, 0.15) is 0 Å². The standard InChI is InChI=1S/C21H20F2N6O/c1-10-7-29-20(25-10)12(19(22)23)4-15(27-29)11-3-17(30-2)21-26-16(9-28(21)8-11)18-13-5-24-6-14(13)18/h3-4,7-9,13-14,18-19,24H,5-6H2,1-2H3/t13-,14+,18?. The Morgan fingerprint density at radius 1 is 1.10 bits per heavy atom. The van der Waals surface area contributed by atoms with Gasteiger partial charge in [0.15, 0.2) is 17.0 Å². The molecule has 1 unspecified atom stereocenters. The summed E-state index contributed by atoms with van der Waals surface area (Å²) in [7, 11) is 1.59. The fraction of sp³-hybridized carbons (Fsp3) is 0.381. The second-order valence-electron chi connectivity index (χ2n) is 8.14. The predicted molar refractivity (Wildman–Crippen MR) is 106 cm³/mol. The van der Waals surface area contributed by atoms with Crippen LogP contribution in [-0.2, 0) is 0 Å². The quantitative estimate of drug-likeness (QED) is 0.560. The number of aryl methyl sites for hydroxylation is 1. The maximum absolute atomic E-state index is 13.7. The molecule has 2 fully saturated rings. The zero-order chi connectivity index (χ0) is 20.6. The van der Waals surface area contributed by atoms with E-state index in [2.05, 4.69) is 15.4 Å². The molecular weight excluding hydrogens is 390 g/mol. The number of fused-ring (bicyclic) bond motifs is 3. The first kappa shape index (κ1) is 17.8. The Bertz CT molecular complexity index is 1290. The van der Waals surface area contributed by atoms with Crippen LogP contribution in [0.4, 0.5) is 8.78 Å². The van der Waals surface area contributed by atoms with Crippen LogP contribution in [0.1, 0.15) is 29.3 Å². The van der Waals surface area contributed by atoms with Crippen LogP contribution in [0.25, 0.3) is 22.6 Å². The lowest BCUT2D eigenvalue weighted by molar-refractivity contribution is 0.152. The molecule has 1 saturated heterocycles. The Morgan fingerprint density at radius 3 is 2.63 bits per heavy atom. The van der Waals surface area contributed by atoms with Gasteiger partial charge in [-0.3, -0.25) is 0 Å². The Balaban J connectivity index is 1.49. The number of hydrogen-bond donors (Lipinski definition) is 1. The van der Waals surface area contributed by atoms with Crippen LogP contribution in [0.5, 0.6) is 5.75 Å². The molecule has 1 saturated carbocycles. The van der Waals surface area contributed by atoms with E-state index in [1.54, 1.807) is 26.3 Å². The maximum atomic E-state index is 13.7. The smallest absolute Gasteiger partial charge is 0.267 e. The molecule has 4 aromatic rings. The molecule has 1 aliphatic carbocycles. The van der Waals surface area contributed by atoms with Gasteiger partial charge in [0, 0.05) is 23.9 Å². The highest BCUT2D eigenvalue weighted by Gasteiger charge is 2.54. The van der Waals surface area contributed by atoms with Crippen LogP contribution in [0.3, 0.4) is 0 Å². The number of pyridine rings is 1. The van der Waals surface area contributed by atoms with Crippen molar-refractivity contribution in [1.82, 2.24) is 29.3 Å². The molecule has 0 spiro atoms. The number of alkyl halides is 2. The van der Waals surface area contributed by atoms with Gasteiger partial charge in [-0.2, -0.15) is 5.10 Å². The second kappa shape index (κ2) is 6.21. The van der Waals surface area contributed by atoms with Gasteiger partial charge in [0.25, 0.3) is 6.43 Å². The Labute approximate surface area is 170 Å². The first-order valence-corrected chi connectivity index (χ1v) is 9.96. The Kier molecular flexibility index (Phi) is 3.68. The van der Waals surface area contributed by atoms with Crippen molar-refractivity contribution in [3.05, 3.63) is 47.7 Å². The molecule has 0 amide bonds. The number of aromatic nitrogens is 5. The van der Waals surface area contributed by atoms with Gasteiger partial charge < -0.3 is 14.5 Å². The lowest BCUT2D eigenvalue weighted by Crippen LogP contribution is -2.14. The molecule has 1 N–H and O–H groups in total. The molecule has 5 heterocycles. The van der Waals surface area contributed by atoms with Gasteiger partial charge in [-0.15, -0.1) is 0 Å². The van der Waals surface area contributed by atoms with E-state index in [0.717, 1.165) is 24.4 Å². The molecule has 2 aliphatic rings. The molecule has 3 atom stereocenters. The van der Waals surface area contributed by atoms with Crippen LogP contribution < -0.4 is 10.1 Å². The van der Waals surface area contributed by atoms with Gasteiger partial charge in [-0.1, -0.05) is 0 Å². The average Bonchev–Trinajstić information content (AvgIpc) is 3.14. The topological polar surface area (TPSA) is 68.8 Å². The lowest BCUT2D eigenvalue weighted by atomic mass is 10.1. The van der Waals surface area contributed by atoms with Crippen molar-refractivity contribution < 1.29 is 13.5 Å². The molecule has 0 bridgehead atoms. The van der Waals surface area contributed by atoms with E-state index < -0.39 is 6.43 Å². The molecule has 1 aliphatic heterocycles. The molecule has 6 rings (SSSR count). The number of nitrogens with one attached hydrogen (secondary N) is 1. The van der Waals surface area contributed by atoms with E-state index in [-0.39, 0.29) is 11.2 Å². The molecule has 0 aromatic carbocycles. The first-order valence-electron chi connectivity index (χ1n) is 9.96. The predicted octanol–water partition coefficient (Wildman–Crippen LogP) is 3.23. The molecular formula is C21H20F2N6O.